The zero-order chi connectivity index (χ0) is 22.1. The number of aromatic nitrogens is 4. The van der Waals surface area contributed by atoms with Crippen LogP contribution in [-0.2, 0) is 0 Å². The van der Waals surface area contributed by atoms with E-state index in [0.717, 1.165) is 11.3 Å². The Labute approximate surface area is 188 Å². The molecule has 3 heterocycles. The number of rotatable bonds is 4. The maximum Gasteiger partial charge on any atom is 0.276 e. The van der Waals surface area contributed by atoms with Crippen molar-refractivity contribution in [1.29, 1.82) is 0 Å². The highest BCUT2D eigenvalue weighted by Gasteiger charge is 2.27. The fourth-order valence-electron chi connectivity index (χ4n) is 3.82. The molecule has 1 saturated heterocycles. The van der Waals surface area contributed by atoms with Gasteiger partial charge in [-0.05, 0) is 19.1 Å². The van der Waals surface area contributed by atoms with Crippen LogP contribution < -0.4 is 4.90 Å². The van der Waals surface area contributed by atoms with Crippen molar-refractivity contribution in [2.45, 2.75) is 6.92 Å². The Balaban J connectivity index is 1.30. The molecule has 1 aliphatic rings. The quantitative estimate of drug-likeness (QED) is 0.475. The highest BCUT2D eigenvalue weighted by Crippen LogP contribution is 2.25. The summed E-state index contributed by atoms with van der Waals surface area (Å²) in [4.78, 5) is 21.5. The van der Waals surface area contributed by atoms with E-state index in [2.05, 4.69) is 15.3 Å². The van der Waals surface area contributed by atoms with Crippen molar-refractivity contribution in [3.8, 4) is 16.4 Å². The second-order valence-corrected chi connectivity index (χ2v) is 8.38. The number of thiazole rings is 1. The molecule has 0 unspecified atom stereocenters. The number of para-hydroxylation sites is 1. The summed E-state index contributed by atoms with van der Waals surface area (Å²) in [6.07, 6.45) is 0. The van der Waals surface area contributed by atoms with Gasteiger partial charge < -0.3 is 9.80 Å². The molecule has 5 rings (SSSR count). The highest BCUT2D eigenvalue weighted by atomic mass is 32.1. The Morgan fingerprint density at radius 3 is 2.47 bits per heavy atom. The van der Waals surface area contributed by atoms with Crippen molar-refractivity contribution in [2.75, 3.05) is 31.1 Å². The molecule has 32 heavy (non-hydrogen) atoms. The summed E-state index contributed by atoms with van der Waals surface area (Å²) in [6, 6.07) is 16.6. The molecule has 0 aliphatic carbocycles. The molecule has 2 aromatic carbocycles. The SMILES string of the molecule is Cc1c(C(=O)N2CCN(c3ccccc3F)CC2)nnn1-c1nc(-c2ccccc2)cs1. The van der Waals surface area contributed by atoms with Gasteiger partial charge in [-0.1, -0.05) is 47.7 Å². The van der Waals surface area contributed by atoms with Crippen LogP contribution in [0.25, 0.3) is 16.4 Å². The molecule has 7 nitrogen and oxygen atoms in total. The third-order valence-corrected chi connectivity index (χ3v) is 6.42. The van der Waals surface area contributed by atoms with Crippen molar-refractivity contribution in [2.24, 2.45) is 0 Å². The van der Waals surface area contributed by atoms with Gasteiger partial charge in [0.25, 0.3) is 5.91 Å². The zero-order valence-corrected chi connectivity index (χ0v) is 18.3. The lowest BCUT2D eigenvalue weighted by Gasteiger charge is -2.35. The second kappa shape index (κ2) is 8.51. The third-order valence-electron chi connectivity index (χ3n) is 5.60. The number of carbonyl (C=O) groups is 1. The van der Waals surface area contributed by atoms with Crippen LogP contribution in [0.4, 0.5) is 10.1 Å². The van der Waals surface area contributed by atoms with Gasteiger partial charge in [-0.2, -0.15) is 4.68 Å². The van der Waals surface area contributed by atoms with Crippen LogP contribution in [0.3, 0.4) is 0 Å². The molecule has 0 saturated carbocycles. The number of amides is 1. The lowest BCUT2D eigenvalue weighted by molar-refractivity contribution is 0.0740. The van der Waals surface area contributed by atoms with Crippen LogP contribution in [0.15, 0.2) is 60.0 Å². The van der Waals surface area contributed by atoms with Crippen LogP contribution in [0, 0.1) is 12.7 Å². The van der Waals surface area contributed by atoms with Crippen LogP contribution in [0.2, 0.25) is 0 Å². The van der Waals surface area contributed by atoms with Gasteiger partial charge in [0.1, 0.15) is 5.82 Å². The molecule has 0 N–H and O–H groups in total. The number of piperazine rings is 1. The average Bonchev–Trinajstić information content (AvgIpc) is 3.46. The number of nitrogens with zero attached hydrogens (tertiary/aromatic N) is 6. The molecule has 0 bridgehead atoms. The van der Waals surface area contributed by atoms with Crippen molar-refractivity contribution in [1.82, 2.24) is 24.9 Å². The molecular formula is C23H21FN6OS. The third kappa shape index (κ3) is 3.75. The van der Waals surface area contributed by atoms with Gasteiger partial charge in [-0.25, -0.2) is 9.37 Å². The summed E-state index contributed by atoms with van der Waals surface area (Å²) >= 11 is 1.45. The van der Waals surface area contributed by atoms with E-state index in [4.69, 9.17) is 0 Å². The van der Waals surface area contributed by atoms with Crippen LogP contribution in [0.1, 0.15) is 16.2 Å². The minimum absolute atomic E-state index is 0.165. The van der Waals surface area contributed by atoms with Gasteiger partial charge in [0.15, 0.2) is 5.69 Å². The minimum Gasteiger partial charge on any atom is -0.366 e. The summed E-state index contributed by atoms with van der Waals surface area (Å²) < 4.78 is 15.7. The van der Waals surface area contributed by atoms with E-state index >= 15 is 0 Å². The maximum atomic E-state index is 14.1. The molecule has 4 aromatic rings. The number of hydrogen-bond donors (Lipinski definition) is 0. The molecule has 1 aliphatic heterocycles. The molecule has 0 spiro atoms. The van der Waals surface area contributed by atoms with E-state index in [9.17, 15) is 9.18 Å². The minimum atomic E-state index is -0.246. The van der Waals surface area contributed by atoms with Gasteiger partial charge in [0.05, 0.1) is 17.1 Å². The normalized spacial score (nSPS) is 14.1. The largest absolute Gasteiger partial charge is 0.366 e. The Morgan fingerprint density at radius 2 is 1.72 bits per heavy atom. The second-order valence-electron chi connectivity index (χ2n) is 7.55. The van der Waals surface area contributed by atoms with Gasteiger partial charge in [0, 0.05) is 37.1 Å². The molecule has 1 amide bonds. The summed E-state index contributed by atoms with van der Waals surface area (Å²) in [5.74, 6) is -0.411. The summed E-state index contributed by atoms with van der Waals surface area (Å²) in [5.41, 5.74) is 3.43. The van der Waals surface area contributed by atoms with Crippen molar-refractivity contribution < 1.29 is 9.18 Å². The predicted molar refractivity (Wildman–Crippen MR) is 122 cm³/mol. The van der Waals surface area contributed by atoms with E-state index in [0.29, 0.717) is 48.4 Å². The number of carbonyl (C=O) groups excluding carboxylic acids is 1. The smallest absolute Gasteiger partial charge is 0.276 e. The van der Waals surface area contributed by atoms with Crippen LogP contribution in [0.5, 0.6) is 0 Å². The Kier molecular flexibility index (Phi) is 5.40. The lowest BCUT2D eigenvalue weighted by Crippen LogP contribution is -2.49. The van der Waals surface area contributed by atoms with Gasteiger partial charge in [0.2, 0.25) is 5.13 Å². The first-order valence-corrected chi connectivity index (χ1v) is 11.2. The van der Waals surface area contributed by atoms with Crippen LogP contribution in [-0.4, -0.2) is 57.0 Å². The molecule has 0 radical (unpaired) electrons. The molecule has 0 atom stereocenters. The van der Waals surface area contributed by atoms with Crippen molar-refractivity contribution in [3.63, 3.8) is 0 Å². The van der Waals surface area contributed by atoms with Gasteiger partial charge >= 0.3 is 0 Å². The summed E-state index contributed by atoms with van der Waals surface area (Å²) in [5, 5.41) is 11.0. The lowest BCUT2D eigenvalue weighted by atomic mass is 10.2. The van der Waals surface area contributed by atoms with Crippen LogP contribution >= 0.6 is 11.3 Å². The summed E-state index contributed by atoms with van der Waals surface area (Å²) in [6.45, 7) is 3.94. The molecule has 1 fully saturated rings. The number of anilines is 1. The monoisotopic (exact) mass is 448 g/mol. The Morgan fingerprint density at radius 1 is 1.00 bits per heavy atom. The number of hydrogen-bond acceptors (Lipinski definition) is 6. The first kappa shape index (κ1) is 20.3. The van der Waals surface area contributed by atoms with E-state index in [1.54, 1.807) is 21.7 Å². The fraction of sp³-hybridized carbons (Fsp3) is 0.217. The molecule has 2 aromatic heterocycles. The van der Waals surface area contributed by atoms with E-state index in [1.807, 2.05) is 53.6 Å². The first-order chi connectivity index (χ1) is 15.6. The fourth-order valence-corrected chi connectivity index (χ4v) is 4.65. The van der Waals surface area contributed by atoms with E-state index in [1.165, 1.54) is 17.4 Å². The van der Waals surface area contributed by atoms with Crippen molar-refractivity contribution >= 4 is 22.9 Å². The standard InChI is InChI=1S/C23H21FN6OS/c1-16-21(22(31)29-13-11-28(12-14-29)20-10-6-5-9-18(20)24)26-27-30(16)23-25-19(15-32-23)17-7-3-2-4-8-17/h2-10,15H,11-14H2,1H3. The highest BCUT2D eigenvalue weighted by molar-refractivity contribution is 7.12. The average molecular weight is 449 g/mol. The first-order valence-electron chi connectivity index (χ1n) is 10.3. The number of halogens is 1. The van der Waals surface area contributed by atoms with Gasteiger partial charge in [-0.15, -0.1) is 16.4 Å². The predicted octanol–water partition coefficient (Wildman–Crippen LogP) is 3.80. The van der Waals surface area contributed by atoms with E-state index < -0.39 is 0 Å². The van der Waals surface area contributed by atoms with Crippen molar-refractivity contribution in [3.05, 3.63) is 77.2 Å². The Bertz CT molecular complexity index is 1250. The van der Waals surface area contributed by atoms with Gasteiger partial charge in [-0.3, -0.25) is 4.79 Å². The Hall–Kier alpha value is -3.59. The van der Waals surface area contributed by atoms with E-state index in [-0.39, 0.29) is 11.7 Å². The molecular weight excluding hydrogens is 427 g/mol. The topological polar surface area (TPSA) is 67.2 Å². The summed E-state index contributed by atoms with van der Waals surface area (Å²) in [7, 11) is 0. The molecule has 9 heteroatoms. The molecule has 162 valence electrons. The zero-order valence-electron chi connectivity index (χ0n) is 17.5. The maximum absolute atomic E-state index is 14.1. The number of benzene rings is 2.